The van der Waals surface area contributed by atoms with Crippen molar-refractivity contribution in [1.82, 2.24) is 4.98 Å². The third-order valence-corrected chi connectivity index (χ3v) is 2.62. The molecule has 0 radical (unpaired) electrons. The highest BCUT2D eigenvalue weighted by atomic mass is 32.1. The zero-order valence-electron chi connectivity index (χ0n) is 8.50. The van der Waals surface area contributed by atoms with Crippen molar-refractivity contribution < 1.29 is 27.5 Å². The van der Waals surface area contributed by atoms with Crippen LogP contribution in [0.25, 0.3) is 0 Å². The smallest absolute Gasteiger partial charge is 0.435 e. The average molecular weight is 268 g/mol. The van der Waals surface area contributed by atoms with E-state index in [1.54, 1.807) is 0 Å². The highest BCUT2D eigenvalue weighted by Gasteiger charge is 2.40. The first-order chi connectivity index (χ1) is 7.77. The van der Waals surface area contributed by atoms with Gasteiger partial charge in [0.25, 0.3) is 5.91 Å². The number of hydrogen-bond donors (Lipinski definition) is 1. The van der Waals surface area contributed by atoms with Crippen LogP contribution in [-0.2, 0) is 10.9 Å². The summed E-state index contributed by atoms with van der Waals surface area (Å²) in [6.07, 6.45) is -4.84. The van der Waals surface area contributed by atoms with Crippen molar-refractivity contribution in [2.45, 2.75) is 13.1 Å². The van der Waals surface area contributed by atoms with Gasteiger partial charge in [0, 0.05) is 0 Å². The number of esters is 1. The molecule has 2 N–H and O–H groups in total. The van der Waals surface area contributed by atoms with E-state index in [-0.39, 0.29) is 17.9 Å². The summed E-state index contributed by atoms with van der Waals surface area (Å²) in [6.45, 7) is 1.36. The van der Waals surface area contributed by atoms with Gasteiger partial charge >= 0.3 is 12.1 Å². The first kappa shape index (κ1) is 13.4. The molecule has 0 bridgehead atoms. The predicted molar refractivity (Wildman–Crippen MR) is 51.6 cm³/mol. The van der Waals surface area contributed by atoms with E-state index in [2.05, 4.69) is 9.72 Å². The number of nitrogens with zero attached hydrogens (tertiary/aromatic N) is 1. The lowest BCUT2D eigenvalue weighted by Crippen LogP contribution is -2.14. The third-order valence-electron chi connectivity index (χ3n) is 1.57. The van der Waals surface area contributed by atoms with Gasteiger partial charge in [0.15, 0.2) is 10.7 Å². The molecule has 0 aliphatic heterocycles. The van der Waals surface area contributed by atoms with Gasteiger partial charge in [0.05, 0.1) is 6.61 Å². The fraction of sp³-hybridized carbons (Fsp3) is 0.375. The Kier molecular flexibility index (Phi) is 3.71. The molecule has 94 valence electrons. The Morgan fingerprint density at radius 3 is 2.47 bits per heavy atom. The number of primary amides is 1. The number of carbonyl (C=O) groups is 2. The summed E-state index contributed by atoms with van der Waals surface area (Å²) in [6, 6.07) is 0. The number of alkyl halides is 3. The summed E-state index contributed by atoms with van der Waals surface area (Å²) in [5, 5.41) is -0.583. The molecule has 17 heavy (non-hydrogen) atoms. The maximum Gasteiger partial charge on any atom is 0.435 e. The van der Waals surface area contributed by atoms with Crippen LogP contribution in [0, 0.1) is 0 Å². The Balaban J connectivity index is 3.26. The van der Waals surface area contributed by atoms with Crippen molar-refractivity contribution in [2.75, 3.05) is 6.61 Å². The predicted octanol–water partition coefficient (Wildman–Crippen LogP) is 1.44. The molecular formula is C8H7F3N2O3S. The van der Waals surface area contributed by atoms with Gasteiger partial charge in [-0.05, 0) is 6.92 Å². The second-order valence-corrected chi connectivity index (χ2v) is 3.78. The van der Waals surface area contributed by atoms with Crippen LogP contribution in [0.3, 0.4) is 0 Å². The molecule has 0 aliphatic rings. The van der Waals surface area contributed by atoms with Crippen LogP contribution in [-0.4, -0.2) is 23.5 Å². The minimum Gasteiger partial charge on any atom is -0.462 e. The summed E-state index contributed by atoms with van der Waals surface area (Å²) in [5.74, 6) is -2.30. The second kappa shape index (κ2) is 4.70. The largest absolute Gasteiger partial charge is 0.462 e. The molecule has 1 aromatic rings. The summed E-state index contributed by atoms with van der Waals surface area (Å²) in [7, 11) is 0. The van der Waals surface area contributed by atoms with Crippen molar-refractivity contribution in [3.63, 3.8) is 0 Å². The van der Waals surface area contributed by atoms with Gasteiger partial charge in [-0.3, -0.25) is 4.79 Å². The molecule has 1 heterocycles. The molecule has 0 saturated carbocycles. The minimum atomic E-state index is -4.84. The SMILES string of the molecule is CCOC(=O)c1sc(C(N)=O)nc1C(F)(F)F. The number of amides is 1. The maximum atomic E-state index is 12.5. The number of thiazole rings is 1. The summed E-state index contributed by atoms with van der Waals surface area (Å²) >= 11 is 0.262. The van der Waals surface area contributed by atoms with Crippen molar-refractivity contribution >= 4 is 23.2 Å². The van der Waals surface area contributed by atoms with Gasteiger partial charge in [-0.15, -0.1) is 11.3 Å². The first-order valence-electron chi connectivity index (χ1n) is 4.32. The normalized spacial score (nSPS) is 11.3. The molecule has 1 rings (SSSR count). The highest BCUT2D eigenvalue weighted by molar-refractivity contribution is 7.15. The summed E-state index contributed by atoms with van der Waals surface area (Å²) < 4.78 is 42.0. The number of hydrogen-bond acceptors (Lipinski definition) is 5. The average Bonchev–Trinajstić information content (AvgIpc) is 2.61. The van der Waals surface area contributed by atoms with Gasteiger partial charge in [0.1, 0.15) is 4.88 Å². The van der Waals surface area contributed by atoms with E-state index in [4.69, 9.17) is 5.73 Å². The van der Waals surface area contributed by atoms with Crippen LogP contribution in [0.1, 0.15) is 32.1 Å². The standard InChI is InChI=1S/C8H7F3N2O3S/c1-2-16-7(15)3-4(8(9,10)11)13-6(17-3)5(12)14/h2H2,1H3,(H2,12,14). The van der Waals surface area contributed by atoms with Crippen LogP contribution in [0.2, 0.25) is 0 Å². The molecule has 0 aliphatic carbocycles. The van der Waals surface area contributed by atoms with E-state index in [9.17, 15) is 22.8 Å². The van der Waals surface area contributed by atoms with E-state index < -0.39 is 33.6 Å². The molecule has 0 saturated heterocycles. The second-order valence-electron chi connectivity index (χ2n) is 2.78. The van der Waals surface area contributed by atoms with Gasteiger partial charge in [-0.2, -0.15) is 13.2 Å². The van der Waals surface area contributed by atoms with Crippen molar-refractivity contribution in [2.24, 2.45) is 5.73 Å². The topological polar surface area (TPSA) is 82.3 Å². The minimum absolute atomic E-state index is 0.0834. The van der Waals surface area contributed by atoms with Crippen LogP contribution in [0.5, 0.6) is 0 Å². The Morgan fingerprint density at radius 1 is 1.47 bits per heavy atom. The lowest BCUT2D eigenvalue weighted by molar-refractivity contribution is -0.141. The number of rotatable bonds is 3. The molecule has 0 aromatic carbocycles. The van der Waals surface area contributed by atoms with Crippen LogP contribution >= 0.6 is 11.3 Å². The fourth-order valence-corrected chi connectivity index (χ4v) is 1.78. The molecule has 0 fully saturated rings. The van der Waals surface area contributed by atoms with E-state index >= 15 is 0 Å². The molecule has 1 aromatic heterocycles. The summed E-state index contributed by atoms with van der Waals surface area (Å²) in [4.78, 5) is 24.2. The molecule has 9 heteroatoms. The lowest BCUT2D eigenvalue weighted by atomic mass is 10.3. The number of halogens is 3. The zero-order chi connectivity index (χ0) is 13.2. The number of nitrogens with two attached hydrogens (primary N) is 1. The van der Waals surface area contributed by atoms with Gasteiger partial charge in [-0.1, -0.05) is 0 Å². The Bertz CT molecular complexity index is 455. The Labute approximate surface area is 97.4 Å². The van der Waals surface area contributed by atoms with E-state index in [1.165, 1.54) is 6.92 Å². The molecule has 5 nitrogen and oxygen atoms in total. The number of carbonyl (C=O) groups excluding carboxylic acids is 2. The van der Waals surface area contributed by atoms with E-state index in [1.807, 2.05) is 0 Å². The van der Waals surface area contributed by atoms with E-state index in [0.717, 1.165) is 0 Å². The van der Waals surface area contributed by atoms with Crippen molar-refractivity contribution in [1.29, 1.82) is 0 Å². The van der Waals surface area contributed by atoms with Crippen LogP contribution < -0.4 is 5.73 Å². The molecule has 0 atom stereocenters. The first-order valence-corrected chi connectivity index (χ1v) is 5.14. The van der Waals surface area contributed by atoms with Gasteiger partial charge in [-0.25, -0.2) is 9.78 Å². The Hall–Kier alpha value is -1.64. The third kappa shape index (κ3) is 2.93. The molecule has 0 unspecified atom stereocenters. The van der Waals surface area contributed by atoms with Gasteiger partial charge < -0.3 is 10.5 Å². The number of aromatic nitrogens is 1. The monoisotopic (exact) mass is 268 g/mol. The Morgan fingerprint density at radius 2 is 2.06 bits per heavy atom. The molecule has 0 spiro atoms. The maximum absolute atomic E-state index is 12.5. The van der Waals surface area contributed by atoms with Gasteiger partial charge in [0.2, 0.25) is 0 Å². The van der Waals surface area contributed by atoms with Crippen LogP contribution in [0.4, 0.5) is 13.2 Å². The number of ether oxygens (including phenoxy) is 1. The molecule has 1 amide bonds. The van der Waals surface area contributed by atoms with Crippen molar-refractivity contribution in [3.05, 3.63) is 15.6 Å². The van der Waals surface area contributed by atoms with Crippen molar-refractivity contribution in [3.8, 4) is 0 Å². The lowest BCUT2D eigenvalue weighted by Gasteiger charge is -2.04. The fourth-order valence-electron chi connectivity index (χ4n) is 0.953. The zero-order valence-corrected chi connectivity index (χ0v) is 9.32. The van der Waals surface area contributed by atoms with Crippen LogP contribution in [0.15, 0.2) is 0 Å². The molecular weight excluding hydrogens is 261 g/mol. The highest BCUT2D eigenvalue weighted by Crippen LogP contribution is 2.34. The summed E-state index contributed by atoms with van der Waals surface area (Å²) in [5.41, 5.74) is 3.35. The quantitative estimate of drug-likeness (QED) is 0.841. The van der Waals surface area contributed by atoms with E-state index in [0.29, 0.717) is 0 Å².